The third-order valence-electron chi connectivity index (χ3n) is 3.08. The standard InChI is InChI=1S/C14H20Cl2N2S/c1-14(2,13(17)18)7-3-4-8-19-12-9-10(15)5-6-11(12)16/h5-6,9H,3-4,7-8H2,1-2H3,(H3,17,18). The van der Waals surface area contributed by atoms with Crippen LogP contribution in [0.5, 0.6) is 0 Å². The topological polar surface area (TPSA) is 49.9 Å². The van der Waals surface area contributed by atoms with Crippen LogP contribution in [0.1, 0.15) is 33.1 Å². The second-order valence-electron chi connectivity index (χ2n) is 5.18. The lowest BCUT2D eigenvalue weighted by Gasteiger charge is -2.22. The van der Waals surface area contributed by atoms with Gasteiger partial charge in [-0.2, -0.15) is 0 Å². The maximum absolute atomic E-state index is 7.50. The number of hydrogen-bond acceptors (Lipinski definition) is 2. The summed E-state index contributed by atoms with van der Waals surface area (Å²) in [6.07, 6.45) is 3.06. The Bertz CT molecular complexity index is 447. The molecule has 2 nitrogen and oxygen atoms in total. The molecule has 1 aromatic rings. The molecule has 0 amide bonds. The molecule has 106 valence electrons. The summed E-state index contributed by atoms with van der Waals surface area (Å²) in [5.74, 6) is 1.26. The summed E-state index contributed by atoms with van der Waals surface area (Å²) >= 11 is 13.8. The fourth-order valence-corrected chi connectivity index (χ4v) is 3.08. The molecule has 19 heavy (non-hydrogen) atoms. The van der Waals surface area contributed by atoms with Crippen molar-refractivity contribution in [2.24, 2.45) is 11.1 Å². The second-order valence-corrected chi connectivity index (χ2v) is 7.16. The zero-order valence-corrected chi connectivity index (χ0v) is 13.6. The van der Waals surface area contributed by atoms with Crippen LogP contribution in [0.2, 0.25) is 10.0 Å². The van der Waals surface area contributed by atoms with Gasteiger partial charge < -0.3 is 5.73 Å². The number of hydrogen-bond donors (Lipinski definition) is 2. The SMILES string of the molecule is CC(C)(CCCCSc1cc(Cl)ccc1Cl)C(=N)N. The Hall–Kier alpha value is -0.380. The van der Waals surface area contributed by atoms with E-state index in [4.69, 9.17) is 34.3 Å². The van der Waals surface area contributed by atoms with Crippen molar-refractivity contribution in [3.05, 3.63) is 28.2 Å². The van der Waals surface area contributed by atoms with Gasteiger partial charge in [0.15, 0.2) is 0 Å². The van der Waals surface area contributed by atoms with E-state index in [-0.39, 0.29) is 11.3 Å². The van der Waals surface area contributed by atoms with Gasteiger partial charge in [-0.15, -0.1) is 11.8 Å². The van der Waals surface area contributed by atoms with Crippen molar-refractivity contribution in [3.8, 4) is 0 Å². The van der Waals surface area contributed by atoms with Crippen molar-refractivity contribution in [2.75, 3.05) is 5.75 Å². The second kappa shape index (κ2) is 7.41. The lowest BCUT2D eigenvalue weighted by Crippen LogP contribution is -2.30. The zero-order valence-electron chi connectivity index (χ0n) is 11.3. The number of halogens is 2. The normalized spacial score (nSPS) is 11.6. The summed E-state index contributed by atoms with van der Waals surface area (Å²) in [5, 5.41) is 8.97. The van der Waals surface area contributed by atoms with Gasteiger partial charge in [-0.1, -0.05) is 43.5 Å². The minimum atomic E-state index is -0.196. The van der Waals surface area contributed by atoms with Crippen molar-refractivity contribution < 1.29 is 0 Å². The Labute approximate surface area is 129 Å². The van der Waals surface area contributed by atoms with Gasteiger partial charge in [-0.25, -0.2) is 0 Å². The van der Waals surface area contributed by atoms with E-state index >= 15 is 0 Å². The van der Waals surface area contributed by atoms with E-state index in [1.165, 1.54) is 0 Å². The molecule has 0 bridgehead atoms. The lowest BCUT2D eigenvalue weighted by molar-refractivity contribution is 0.448. The Balaban J connectivity index is 2.32. The van der Waals surface area contributed by atoms with Gasteiger partial charge in [-0.05, 0) is 36.8 Å². The number of nitrogens with one attached hydrogen (secondary N) is 1. The Morgan fingerprint density at radius 1 is 1.32 bits per heavy atom. The van der Waals surface area contributed by atoms with Crippen LogP contribution in [-0.4, -0.2) is 11.6 Å². The highest BCUT2D eigenvalue weighted by Gasteiger charge is 2.20. The van der Waals surface area contributed by atoms with Gasteiger partial charge in [0, 0.05) is 15.3 Å². The van der Waals surface area contributed by atoms with Crippen molar-refractivity contribution in [1.82, 2.24) is 0 Å². The Morgan fingerprint density at radius 3 is 2.63 bits per heavy atom. The smallest absolute Gasteiger partial charge is 0.0963 e. The van der Waals surface area contributed by atoms with E-state index in [1.54, 1.807) is 17.8 Å². The molecule has 0 aromatic heterocycles. The summed E-state index contributed by atoms with van der Waals surface area (Å²) in [6, 6.07) is 5.52. The van der Waals surface area contributed by atoms with Gasteiger partial charge in [0.1, 0.15) is 0 Å². The maximum atomic E-state index is 7.50. The third kappa shape index (κ3) is 5.64. The average Bonchev–Trinajstić information content (AvgIpc) is 2.32. The lowest BCUT2D eigenvalue weighted by atomic mass is 9.86. The van der Waals surface area contributed by atoms with E-state index in [0.29, 0.717) is 5.02 Å². The van der Waals surface area contributed by atoms with Crippen LogP contribution >= 0.6 is 35.0 Å². The molecule has 0 aliphatic rings. The van der Waals surface area contributed by atoms with Crippen LogP contribution in [-0.2, 0) is 0 Å². The maximum Gasteiger partial charge on any atom is 0.0963 e. The number of amidine groups is 1. The van der Waals surface area contributed by atoms with Crippen LogP contribution in [0.15, 0.2) is 23.1 Å². The summed E-state index contributed by atoms with van der Waals surface area (Å²) < 4.78 is 0. The minimum absolute atomic E-state index is 0.196. The molecule has 0 aliphatic heterocycles. The summed E-state index contributed by atoms with van der Waals surface area (Å²) in [6.45, 7) is 4.02. The van der Waals surface area contributed by atoms with E-state index in [2.05, 4.69) is 0 Å². The first-order valence-electron chi connectivity index (χ1n) is 6.25. The van der Waals surface area contributed by atoms with Crippen molar-refractivity contribution in [3.63, 3.8) is 0 Å². The Kier molecular flexibility index (Phi) is 6.51. The molecule has 0 radical (unpaired) electrons. The van der Waals surface area contributed by atoms with Gasteiger partial charge in [-0.3, -0.25) is 5.41 Å². The summed E-state index contributed by atoms with van der Waals surface area (Å²) in [4.78, 5) is 1.03. The molecule has 0 aliphatic carbocycles. The first-order chi connectivity index (χ1) is 8.83. The van der Waals surface area contributed by atoms with Crippen LogP contribution in [0.4, 0.5) is 0 Å². The number of rotatable bonds is 7. The molecule has 0 fully saturated rings. The van der Waals surface area contributed by atoms with Gasteiger partial charge >= 0.3 is 0 Å². The number of benzene rings is 1. The van der Waals surface area contributed by atoms with E-state index in [1.807, 2.05) is 26.0 Å². The van der Waals surface area contributed by atoms with Gasteiger partial charge in [0.25, 0.3) is 0 Å². The van der Waals surface area contributed by atoms with Crippen LogP contribution in [0.25, 0.3) is 0 Å². The van der Waals surface area contributed by atoms with Crippen LogP contribution in [0, 0.1) is 10.8 Å². The molecular weight excluding hydrogens is 299 g/mol. The van der Waals surface area contributed by atoms with E-state index in [0.717, 1.165) is 34.9 Å². The van der Waals surface area contributed by atoms with E-state index < -0.39 is 0 Å². The van der Waals surface area contributed by atoms with Gasteiger partial charge in [0.2, 0.25) is 0 Å². The van der Waals surface area contributed by atoms with Crippen LogP contribution < -0.4 is 5.73 Å². The number of thioether (sulfide) groups is 1. The van der Waals surface area contributed by atoms with Crippen LogP contribution in [0.3, 0.4) is 0 Å². The minimum Gasteiger partial charge on any atom is -0.387 e. The fraction of sp³-hybridized carbons (Fsp3) is 0.500. The van der Waals surface area contributed by atoms with E-state index in [9.17, 15) is 0 Å². The number of nitrogens with two attached hydrogens (primary N) is 1. The zero-order chi connectivity index (χ0) is 14.5. The molecule has 0 heterocycles. The fourth-order valence-electron chi connectivity index (χ4n) is 1.57. The molecule has 0 saturated carbocycles. The molecule has 5 heteroatoms. The highest BCUT2D eigenvalue weighted by molar-refractivity contribution is 7.99. The highest BCUT2D eigenvalue weighted by Crippen LogP contribution is 2.31. The largest absolute Gasteiger partial charge is 0.387 e. The predicted molar refractivity (Wildman–Crippen MR) is 86.7 cm³/mol. The predicted octanol–water partition coefficient (Wildman–Crippen LogP) is 5.22. The molecular formula is C14H20Cl2N2S. The molecule has 1 aromatic carbocycles. The number of unbranched alkanes of at least 4 members (excludes halogenated alkanes) is 1. The molecule has 0 atom stereocenters. The third-order valence-corrected chi connectivity index (χ3v) is 4.89. The molecule has 0 saturated heterocycles. The average molecular weight is 319 g/mol. The molecule has 0 unspecified atom stereocenters. The quantitative estimate of drug-likeness (QED) is 0.313. The summed E-state index contributed by atoms with van der Waals surface area (Å²) in [5.41, 5.74) is 5.36. The van der Waals surface area contributed by atoms with Gasteiger partial charge in [0.05, 0.1) is 10.9 Å². The first kappa shape index (κ1) is 16.7. The summed E-state index contributed by atoms with van der Waals surface area (Å²) in [7, 11) is 0. The van der Waals surface area contributed by atoms with Crippen molar-refractivity contribution in [2.45, 2.75) is 38.0 Å². The monoisotopic (exact) mass is 318 g/mol. The molecule has 0 spiro atoms. The Morgan fingerprint density at radius 2 is 2.00 bits per heavy atom. The highest BCUT2D eigenvalue weighted by atomic mass is 35.5. The van der Waals surface area contributed by atoms with Crippen molar-refractivity contribution >= 4 is 40.8 Å². The molecule has 3 N–H and O–H groups in total. The molecule has 1 rings (SSSR count). The first-order valence-corrected chi connectivity index (χ1v) is 7.99. The van der Waals surface area contributed by atoms with Crippen molar-refractivity contribution in [1.29, 1.82) is 5.41 Å².